The highest BCUT2D eigenvalue weighted by Crippen LogP contribution is 2.48. The number of hydrogen-bond acceptors (Lipinski definition) is 4. The van der Waals surface area contributed by atoms with Crippen LogP contribution < -0.4 is 10.1 Å². The monoisotopic (exact) mass is 309 g/mol. The van der Waals surface area contributed by atoms with E-state index < -0.39 is 5.97 Å². The Hall–Kier alpha value is -1.69. The zero-order valence-electron chi connectivity index (χ0n) is 11.9. The van der Waals surface area contributed by atoms with Crippen LogP contribution in [0.2, 0.25) is 0 Å². The predicted molar refractivity (Wildman–Crippen MR) is 81.8 cm³/mol. The van der Waals surface area contributed by atoms with Crippen molar-refractivity contribution in [3.8, 4) is 5.75 Å². The van der Waals surface area contributed by atoms with Crippen LogP contribution in [0, 0.1) is 5.92 Å². The van der Waals surface area contributed by atoms with E-state index in [1.54, 1.807) is 7.11 Å². The minimum Gasteiger partial charge on any atom is -0.497 e. The number of ether oxygens (including phenoxy) is 1. The number of carboxylic acid groups (broad SMARTS) is 1. The molecule has 2 N–H and O–H groups in total. The van der Waals surface area contributed by atoms with Gasteiger partial charge in [0.2, 0.25) is 5.91 Å². The van der Waals surface area contributed by atoms with Crippen molar-refractivity contribution in [1.29, 1.82) is 0 Å². The van der Waals surface area contributed by atoms with E-state index in [-0.39, 0.29) is 23.5 Å². The zero-order valence-corrected chi connectivity index (χ0v) is 12.7. The van der Waals surface area contributed by atoms with E-state index in [0.717, 1.165) is 17.7 Å². The molecule has 1 aromatic rings. The molecule has 0 radical (unpaired) electrons. The highest BCUT2D eigenvalue weighted by atomic mass is 32.2. The molecule has 0 saturated heterocycles. The molecule has 0 spiro atoms. The van der Waals surface area contributed by atoms with E-state index in [1.165, 1.54) is 11.8 Å². The highest BCUT2D eigenvalue weighted by molar-refractivity contribution is 7.99. The molecule has 2 rings (SSSR count). The fourth-order valence-corrected chi connectivity index (χ4v) is 2.83. The molecule has 0 heterocycles. The number of methoxy groups -OCH3 is 1. The largest absolute Gasteiger partial charge is 0.497 e. The van der Waals surface area contributed by atoms with E-state index in [4.69, 9.17) is 9.84 Å². The van der Waals surface area contributed by atoms with Crippen molar-refractivity contribution in [3.63, 3.8) is 0 Å². The molecule has 21 heavy (non-hydrogen) atoms. The van der Waals surface area contributed by atoms with Gasteiger partial charge in [0.1, 0.15) is 5.75 Å². The van der Waals surface area contributed by atoms with Crippen LogP contribution in [0.25, 0.3) is 0 Å². The smallest absolute Gasteiger partial charge is 0.313 e. The molecular weight excluding hydrogens is 290 g/mol. The van der Waals surface area contributed by atoms with E-state index in [0.29, 0.717) is 12.3 Å². The van der Waals surface area contributed by atoms with E-state index in [9.17, 15) is 9.59 Å². The Kier molecular flexibility index (Phi) is 5.50. The summed E-state index contributed by atoms with van der Waals surface area (Å²) in [7, 11) is 1.63. The van der Waals surface area contributed by atoms with Crippen LogP contribution in [0.3, 0.4) is 0 Å². The SMILES string of the molecule is COc1cccc(C2CC2C(=O)NCCSCC(=O)O)c1. The molecule has 1 aliphatic carbocycles. The Labute approximate surface area is 128 Å². The van der Waals surface area contributed by atoms with Gasteiger partial charge < -0.3 is 15.2 Å². The number of carbonyl (C=O) groups excluding carboxylic acids is 1. The van der Waals surface area contributed by atoms with Gasteiger partial charge in [0, 0.05) is 18.2 Å². The van der Waals surface area contributed by atoms with Gasteiger partial charge in [0.15, 0.2) is 0 Å². The molecule has 0 aromatic heterocycles. The number of hydrogen-bond donors (Lipinski definition) is 2. The third-order valence-corrected chi connectivity index (χ3v) is 4.36. The molecule has 1 aliphatic rings. The number of carboxylic acids is 1. The maximum atomic E-state index is 12.0. The van der Waals surface area contributed by atoms with Gasteiger partial charge in [-0.05, 0) is 30.0 Å². The molecule has 1 saturated carbocycles. The van der Waals surface area contributed by atoms with Gasteiger partial charge in [-0.15, -0.1) is 11.8 Å². The second kappa shape index (κ2) is 7.36. The first-order valence-corrected chi connectivity index (χ1v) is 7.98. The summed E-state index contributed by atoms with van der Waals surface area (Å²) in [6, 6.07) is 7.81. The van der Waals surface area contributed by atoms with Crippen LogP contribution >= 0.6 is 11.8 Å². The van der Waals surface area contributed by atoms with Gasteiger partial charge in [-0.2, -0.15) is 0 Å². The summed E-state index contributed by atoms with van der Waals surface area (Å²) < 4.78 is 5.19. The Bertz CT molecular complexity index is 520. The second-order valence-electron chi connectivity index (χ2n) is 4.96. The first-order valence-electron chi connectivity index (χ1n) is 6.83. The fourth-order valence-electron chi connectivity index (χ4n) is 2.26. The van der Waals surface area contributed by atoms with E-state index >= 15 is 0 Å². The fraction of sp³-hybridized carbons (Fsp3) is 0.467. The molecule has 6 heteroatoms. The number of aliphatic carboxylic acids is 1. The van der Waals surface area contributed by atoms with Crippen molar-refractivity contribution >= 4 is 23.6 Å². The zero-order chi connectivity index (χ0) is 15.2. The van der Waals surface area contributed by atoms with Crippen molar-refractivity contribution in [2.45, 2.75) is 12.3 Å². The van der Waals surface area contributed by atoms with Crippen molar-refractivity contribution in [1.82, 2.24) is 5.32 Å². The summed E-state index contributed by atoms with van der Waals surface area (Å²) in [6.45, 7) is 0.512. The van der Waals surface area contributed by atoms with Crippen LogP contribution in [0.15, 0.2) is 24.3 Å². The van der Waals surface area contributed by atoms with Crippen molar-refractivity contribution < 1.29 is 19.4 Å². The maximum Gasteiger partial charge on any atom is 0.313 e. The van der Waals surface area contributed by atoms with Crippen LogP contribution in [0.5, 0.6) is 5.75 Å². The molecule has 0 bridgehead atoms. The molecule has 5 nitrogen and oxygen atoms in total. The average Bonchev–Trinajstić information content (AvgIpc) is 3.27. The molecule has 1 amide bonds. The van der Waals surface area contributed by atoms with Crippen LogP contribution in [-0.4, -0.2) is 42.1 Å². The Balaban J connectivity index is 1.72. The summed E-state index contributed by atoms with van der Waals surface area (Å²) in [5, 5.41) is 11.4. The van der Waals surface area contributed by atoms with Crippen molar-refractivity contribution in [2.24, 2.45) is 5.92 Å². The Morgan fingerprint density at radius 3 is 3.00 bits per heavy atom. The summed E-state index contributed by atoms with van der Waals surface area (Å²) in [4.78, 5) is 22.3. The lowest BCUT2D eigenvalue weighted by atomic mass is 10.1. The standard InChI is InChI=1S/C15H19NO4S/c1-20-11-4-2-3-10(7-11)12-8-13(12)15(19)16-5-6-21-9-14(17)18/h2-4,7,12-13H,5-6,8-9H2,1H3,(H,16,19)(H,17,18). The Morgan fingerprint density at radius 2 is 2.29 bits per heavy atom. The lowest BCUT2D eigenvalue weighted by molar-refractivity contribution is -0.133. The summed E-state index contributed by atoms with van der Waals surface area (Å²) in [5.74, 6) is 1.03. The number of benzene rings is 1. The first-order chi connectivity index (χ1) is 10.1. The topological polar surface area (TPSA) is 75.6 Å². The van der Waals surface area contributed by atoms with Gasteiger partial charge in [0.25, 0.3) is 0 Å². The lowest BCUT2D eigenvalue weighted by Crippen LogP contribution is -2.27. The predicted octanol–water partition coefficient (Wildman–Crippen LogP) is 1.73. The average molecular weight is 309 g/mol. The quantitative estimate of drug-likeness (QED) is 0.715. The second-order valence-corrected chi connectivity index (χ2v) is 6.07. The van der Waals surface area contributed by atoms with Crippen molar-refractivity contribution in [2.75, 3.05) is 25.2 Å². The number of rotatable bonds is 8. The van der Waals surface area contributed by atoms with E-state index in [1.807, 2.05) is 24.3 Å². The molecule has 0 aliphatic heterocycles. The molecule has 1 aromatic carbocycles. The normalized spacial score (nSPS) is 19.9. The van der Waals surface area contributed by atoms with Gasteiger partial charge >= 0.3 is 5.97 Å². The number of thioether (sulfide) groups is 1. The maximum absolute atomic E-state index is 12.0. The minimum absolute atomic E-state index is 0.0292. The summed E-state index contributed by atoms with van der Waals surface area (Å²) in [5.41, 5.74) is 1.13. The van der Waals surface area contributed by atoms with E-state index in [2.05, 4.69) is 5.32 Å². The van der Waals surface area contributed by atoms with Gasteiger partial charge in [-0.1, -0.05) is 12.1 Å². The molecule has 2 unspecified atom stereocenters. The Morgan fingerprint density at radius 1 is 1.48 bits per heavy atom. The molecule has 1 fully saturated rings. The molecular formula is C15H19NO4S. The third-order valence-electron chi connectivity index (χ3n) is 3.42. The summed E-state index contributed by atoms with van der Waals surface area (Å²) in [6.07, 6.45) is 0.862. The lowest BCUT2D eigenvalue weighted by Gasteiger charge is -2.05. The van der Waals surface area contributed by atoms with Crippen LogP contribution in [0.4, 0.5) is 0 Å². The number of amides is 1. The number of carbonyl (C=O) groups is 2. The van der Waals surface area contributed by atoms with Crippen LogP contribution in [0.1, 0.15) is 17.9 Å². The van der Waals surface area contributed by atoms with Gasteiger partial charge in [-0.25, -0.2) is 0 Å². The van der Waals surface area contributed by atoms with Crippen LogP contribution in [-0.2, 0) is 9.59 Å². The third kappa shape index (κ3) is 4.67. The number of nitrogens with one attached hydrogen (secondary N) is 1. The van der Waals surface area contributed by atoms with Crippen molar-refractivity contribution in [3.05, 3.63) is 29.8 Å². The first kappa shape index (κ1) is 15.7. The molecule has 114 valence electrons. The summed E-state index contributed by atoms with van der Waals surface area (Å²) >= 11 is 1.31. The highest BCUT2D eigenvalue weighted by Gasteiger charge is 2.43. The van der Waals surface area contributed by atoms with Gasteiger partial charge in [-0.3, -0.25) is 9.59 Å². The molecule has 2 atom stereocenters. The van der Waals surface area contributed by atoms with Gasteiger partial charge in [0.05, 0.1) is 12.9 Å². The minimum atomic E-state index is -0.827.